The van der Waals surface area contributed by atoms with Crippen molar-refractivity contribution >= 4 is 11.9 Å². The average molecular weight is 318 g/mol. The second kappa shape index (κ2) is 4.63. The smallest absolute Gasteiger partial charge is 0.342 e. The van der Waals surface area contributed by atoms with Crippen molar-refractivity contribution in [1.82, 2.24) is 0 Å². The minimum absolute atomic E-state index is 0.208. The highest BCUT2D eigenvalue weighted by Crippen LogP contribution is 2.49. The fourth-order valence-electron chi connectivity index (χ4n) is 3.79. The molecule has 4 rings (SSSR count). The van der Waals surface area contributed by atoms with Gasteiger partial charge in [-0.1, -0.05) is 0 Å². The molecular formula is C17H18O6. The zero-order chi connectivity index (χ0) is 16.4. The lowest BCUT2D eigenvalue weighted by Gasteiger charge is -2.28. The Morgan fingerprint density at radius 1 is 1.26 bits per heavy atom. The molecule has 0 aromatic heterocycles. The number of ether oxygens (including phenoxy) is 4. The molecule has 23 heavy (non-hydrogen) atoms. The van der Waals surface area contributed by atoms with Gasteiger partial charge >= 0.3 is 11.9 Å². The summed E-state index contributed by atoms with van der Waals surface area (Å²) in [5.74, 6) is 0.683. The first-order chi connectivity index (χ1) is 10.9. The number of fused-ring (bicyclic) bond motifs is 3. The van der Waals surface area contributed by atoms with E-state index in [4.69, 9.17) is 18.9 Å². The molecule has 0 radical (unpaired) electrons. The van der Waals surface area contributed by atoms with Crippen molar-refractivity contribution in [2.45, 2.75) is 51.4 Å². The van der Waals surface area contributed by atoms with Gasteiger partial charge in [0.15, 0.2) is 0 Å². The van der Waals surface area contributed by atoms with E-state index >= 15 is 0 Å². The fourth-order valence-corrected chi connectivity index (χ4v) is 3.79. The van der Waals surface area contributed by atoms with Gasteiger partial charge in [-0.3, -0.25) is 4.79 Å². The molecule has 6 heteroatoms. The topological polar surface area (TPSA) is 71.1 Å². The lowest BCUT2D eigenvalue weighted by atomic mass is 9.90. The van der Waals surface area contributed by atoms with Gasteiger partial charge in [0.1, 0.15) is 35.4 Å². The molecular weight excluding hydrogens is 300 g/mol. The largest absolute Gasteiger partial charge is 0.496 e. The predicted molar refractivity (Wildman–Crippen MR) is 78.7 cm³/mol. The van der Waals surface area contributed by atoms with Gasteiger partial charge in [-0.05, 0) is 19.4 Å². The normalized spacial score (nSPS) is 28.0. The first kappa shape index (κ1) is 14.4. The Kier molecular flexibility index (Phi) is 2.89. The summed E-state index contributed by atoms with van der Waals surface area (Å²) in [5.41, 5.74) is 2.40. The van der Waals surface area contributed by atoms with E-state index in [-0.39, 0.29) is 24.6 Å². The Morgan fingerprint density at radius 2 is 2.04 bits per heavy atom. The summed E-state index contributed by atoms with van der Waals surface area (Å²) in [6, 6.07) is 0. The highest BCUT2D eigenvalue weighted by Gasteiger charge is 2.49. The molecule has 0 spiro atoms. The first-order valence-corrected chi connectivity index (χ1v) is 7.72. The van der Waals surface area contributed by atoms with Crippen molar-refractivity contribution < 1.29 is 28.5 Å². The van der Waals surface area contributed by atoms with E-state index in [1.165, 1.54) is 0 Å². The van der Waals surface area contributed by atoms with Gasteiger partial charge < -0.3 is 18.9 Å². The van der Waals surface area contributed by atoms with Crippen LogP contribution in [0.2, 0.25) is 0 Å². The Balaban J connectivity index is 1.81. The van der Waals surface area contributed by atoms with Gasteiger partial charge in [0.2, 0.25) is 0 Å². The Hall–Kier alpha value is -2.24. The molecule has 0 saturated carbocycles. The average Bonchev–Trinajstić information content (AvgIpc) is 3.18. The molecule has 0 bridgehead atoms. The van der Waals surface area contributed by atoms with E-state index in [2.05, 4.69) is 0 Å². The van der Waals surface area contributed by atoms with E-state index in [0.717, 1.165) is 22.4 Å². The Labute approximate surface area is 133 Å². The van der Waals surface area contributed by atoms with Crippen LogP contribution >= 0.6 is 0 Å². The molecule has 122 valence electrons. The summed E-state index contributed by atoms with van der Waals surface area (Å²) in [5, 5.41) is 0. The van der Waals surface area contributed by atoms with Crippen molar-refractivity contribution in [3.8, 4) is 11.5 Å². The van der Waals surface area contributed by atoms with Gasteiger partial charge in [0.05, 0.1) is 7.11 Å². The van der Waals surface area contributed by atoms with Crippen LogP contribution in [0.25, 0.3) is 0 Å². The highest BCUT2D eigenvalue weighted by molar-refractivity contribution is 5.98. The van der Waals surface area contributed by atoms with Crippen molar-refractivity contribution in [2.75, 3.05) is 7.11 Å². The van der Waals surface area contributed by atoms with E-state index in [1.54, 1.807) is 7.11 Å². The molecule has 0 unspecified atom stereocenters. The third-order valence-corrected chi connectivity index (χ3v) is 5.13. The van der Waals surface area contributed by atoms with Crippen molar-refractivity contribution in [2.24, 2.45) is 0 Å². The van der Waals surface area contributed by atoms with Crippen LogP contribution in [0.15, 0.2) is 0 Å². The van der Waals surface area contributed by atoms with Crippen molar-refractivity contribution in [3.63, 3.8) is 0 Å². The molecule has 3 aliphatic heterocycles. The first-order valence-electron chi connectivity index (χ1n) is 7.72. The molecule has 6 nitrogen and oxygen atoms in total. The monoisotopic (exact) mass is 318 g/mol. The lowest BCUT2D eigenvalue weighted by molar-refractivity contribution is -0.153. The van der Waals surface area contributed by atoms with Crippen molar-refractivity contribution in [3.05, 3.63) is 22.3 Å². The molecule has 2 atom stereocenters. The van der Waals surface area contributed by atoms with Crippen LogP contribution in [0.3, 0.4) is 0 Å². The third kappa shape index (κ3) is 1.87. The molecule has 0 amide bonds. The molecule has 1 fully saturated rings. The van der Waals surface area contributed by atoms with E-state index < -0.39 is 5.60 Å². The molecule has 0 N–H and O–H groups in total. The number of methoxy groups -OCH3 is 1. The quantitative estimate of drug-likeness (QED) is 0.778. The number of cyclic esters (lactones) is 2. The molecule has 1 saturated heterocycles. The zero-order valence-corrected chi connectivity index (χ0v) is 13.4. The minimum Gasteiger partial charge on any atom is -0.496 e. The minimum atomic E-state index is -0.676. The number of carbonyl (C=O) groups is 2. The standard InChI is InChI=1S/C17H18O6/c1-8-10-7-21-16(19)13(10)15-9(14(8)20-3)6-11(22-15)17(2)5-4-12(18)23-17/h11H,4-7H2,1-3H3/t11-,17+/m1/s1. The van der Waals surface area contributed by atoms with Crippen LogP contribution in [0.4, 0.5) is 0 Å². The maximum atomic E-state index is 12.1. The second-order valence-electron chi connectivity index (χ2n) is 6.49. The van der Waals surface area contributed by atoms with Crippen molar-refractivity contribution in [1.29, 1.82) is 0 Å². The highest BCUT2D eigenvalue weighted by atomic mass is 16.6. The van der Waals surface area contributed by atoms with Crippen LogP contribution < -0.4 is 9.47 Å². The van der Waals surface area contributed by atoms with Gasteiger partial charge in [-0.2, -0.15) is 0 Å². The molecule has 3 heterocycles. The van der Waals surface area contributed by atoms with Crippen LogP contribution in [-0.4, -0.2) is 30.8 Å². The summed E-state index contributed by atoms with van der Waals surface area (Å²) in [4.78, 5) is 23.6. The van der Waals surface area contributed by atoms with Crippen LogP contribution in [0.1, 0.15) is 46.8 Å². The maximum Gasteiger partial charge on any atom is 0.342 e. The Morgan fingerprint density at radius 3 is 2.70 bits per heavy atom. The number of rotatable bonds is 2. The molecule has 3 aliphatic rings. The SMILES string of the molecule is COc1c(C)c2c(c3c1C[C@H]([C@]1(C)CCC(=O)O1)O3)C(=O)OC2. The lowest BCUT2D eigenvalue weighted by Crippen LogP contribution is -2.42. The Bertz CT molecular complexity index is 737. The number of esters is 2. The third-order valence-electron chi connectivity index (χ3n) is 5.13. The summed E-state index contributed by atoms with van der Waals surface area (Å²) in [6.07, 6.45) is 1.22. The number of hydrogen-bond donors (Lipinski definition) is 0. The summed E-state index contributed by atoms with van der Waals surface area (Å²) in [7, 11) is 1.61. The molecule has 1 aromatic carbocycles. The van der Waals surface area contributed by atoms with Gasteiger partial charge in [-0.15, -0.1) is 0 Å². The fraction of sp³-hybridized carbons (Fsp3) is 0.529. The summed E-state index contributed by atoms with van der Waals surface area (Å²) in [6.45, 7) is 4.04. The molecule has 1 aromatic rings. The van der Waals surface area contributed by atoms with Crippen LogP contribution in [-0.2, 0) is 27.3 Å². The van der Waals surface area contributed by atoms with E-state index in [9.17, 15) is 9.59 Å². The summed E-state index contributed by atoms with van der Waals surface area (Å²) >= 11 is 0. The van der Waals surface area contributed by atoms with Crippen LogP contribution in [0, 0.1) is 6.92 Å². The van der Waals surface area contributed by atoms with Gasteiger partial charge in [-0.25, -0.2) is 4.79 Å². The predicted octanol–water partition coefficient (Wildman–Crippen LogP) is 2.07. The van der Waals surface area contributed by atoms with E-state index in [0.29, 0.717) is 30.6 Å². The number of carbonyl (C=O) groups excluding carboxylic acids is 2. The van der Waals surface area contributed by atoms with Gasteiger partial charge in [0, 0.05) is 30.4 Å². The zero-order valence-electron chi connectivity index (χ0n) is 13.4. The van der Waals surface area contributed by atoms with E-state index in [1.807, 2.05) is 13.8 Å². The van der Waals surface area contributed by atoms with Gasteiger partial charge in [0.25, 0.3) is 0 Å². The number of benzene rings is 1. The maximum absolute atomic E-state index is 12.1. The molecule has 0 aliphatic carbocycles. The summed E-state index contributed by atoms with van der Waals surface area (Å²) < 4.78 is 22.3. The van der Waals surface area contributed by atoms with Crippen LogP contribution in [0.5, 0.6) is 11.5 Å². The number of hydrogen-bond acceptors (Lipinski definition) is 6. The second-order valence-corrected chi connectivity index (χ2v) is 6.49.